The Balaban J connectivity index is 1.68. The van der Waals surface area contributed by atoms with Crippen molar-refractivity contribution in [2.45, 2.75) is 5.92 Å². The third-order valence-electron chi connectivity index (χ3n) is 5.17. The fourth-order valence-corrected chi connectivity index (χ4v) is 6.11. The summed E-state index contributed by atoms with van der Waals surface area (Å²) in [5.41, 5.74) is 9.54. The van der Waals surface area contributed by atoms with Crippen molar-refractivity contribution < 1.29 is 4.74 Å². The van der Waals surface area contributed by atoms with Gasteiger partial charge in [0, 0.05) is 20.3 Å². The van der Waals surface area contributed by atoms with Gasteiger partial charge in [0.25, 0.3) is 0 Å². The Morgan fingerprint density at radius 1 is 1.06 bits per heavy atom. The normalized spacial score (nSPS) is 15.2. The summed E-state index contributed by atoms with van der Waals surface area (Å²) in [6, 6.07) is 19.1. The zero-order chi connectivity index (χ0) is 22.4. The Morgan fingerprint density at radius 2 is 1.78 bits per heavy atom. The van der Waals surface area contributed by atoms with Crippen molar-refractivity contribution in [3.8, 4) is 33.6 Å². The molecule has 3 heterocycles. The summed E-state index contributed by atoms with van der Waals surface area (Å²) in [5, 5.41) is 18.6. The van der Waals surface area contributed by atoms with Gasteiger partial charge >= 0.3 is 0 Å². The van der Waals surface area contributed by atoms with Crippen LogP contribution in [0.15, 0.2) is 66.1 Å². The molecule has 0 saturated heterocycles. The number of nitrogens with one attached hydrogen (secondary N) is 1. The average Bonchev–Trinajstić information content (AvgIpc) is 3.40. The number of benzene rings is 2. The third kappa shape index (κ3) is 3.44. The molecule has 3 N–H and O–H groups in total. The molecule has 0 aliphatic carbocycles. The van der Waals surface area contributed by atoms with Gasteiger partial charge in [-0.05, 0) is 29.8 Å². The summed E-state index contributed by atoms with van der Waals surface area (Å²) < 4.78 is 5.67. The van der Waals surface area contributed by atoms with Crippen LogP contribution in [0.25, 0.3) is 21.7 Å². The van der Waals surface area contributed by atoms with Crippen molar-refractivity contribution in [2.75, 3.05) is 0 Å². The highest BCUT2D eigenvalue weighted by molar-refractivity contribution is 7.15. The Kier molecular flexibility index (Phi) is 5.36. The molecule has 0 saturated carbocycles. The van der Waals surface area contributed by atoms with Crippen LogP contribution in [-0.2, 0) is 0 Å². The van der Waals surface area contributed by atoms with E-state index in [0.717, 1.165) is 26.6 Å². The summed E-state index contributed by atoms with van der Waals surface area (Å²) in [6.07, 6.45) is 0. The molecule has 0 bridgehead atoms. The molecule has 0 radical (unpaired) electrons. The van der Waals surface area contributed by atoms with Crippen molar-refractivity contribution in [2.24, 2.45) is 5.73 Å². The van der Waals surface area contributed by atoms with E-state index in [2.05, 4.69) is 16.3 Å². The molecule has 2 aromatic heterocycles. The Morgan fingerprint density at radius 3 is 2.47 bits per heavy atom. The van der Waals surface area contributed by atoms with E-state index in [1.807, 2.05) is 42.5 Å². The molecule has 1 atom stereocenters. The van der Waals surface area contributed by atoms with Crippen LogP contribution in [0.4, 0.5) is 0 Å². The molecule has 0 fully saturated rings. The summed E-state index contributed by atoms with van der Waals surface area (Å²) in [4.78, 5) is 1.73. The molecular weight excluding hydrogens is 487 g/mol. The molecule has 9 heteroatoms. The molecule has 0 spiro atoms. The van der Waals surface area contributed by atoms with E-state index in [1.54, 1.807) is 12.1 Å². The number of nitrogens with two attached hydrogens (primary N) is 1. The molecule has 5 rings (SSSR count). The lowest BCUT2D eigenvalue weighted by Gasteiger charge is -2.22. The molecular formula is C23H13Cl3N4OS. The van der Waals surface area contributed by atoms with Crippen molar-refractivity contribution in [3.63, 3.8) is 0 Å². The van der Waals surface area contributed by atoms with Gasteiger partial charge in [-0.1, -0.05) is 65.1 Å². The first-order valence-electron chi connectivity index (χ1n) is 9.44. The van der Waals surface area contributed by atoms with E-state index in [-0.39, 0.29) is 5.88 Å². The van der Waals surface area contributed by atoms with Gasteiger partial charge in [0.1, 0.15) is 11.6 Å². The first-order chi connectivity index (χ1) is 15.5. The molecule has 0 unspecified atom stereocenters. The molecule has 0 amide bonds. The number of hydrogen-bond donors (Lipinski definition) is 2. The maximum Gasteiger partial charge on any atom is 0.244 e. The van der Waals surface area contributed by atoms with Crippen molar-refractivity contribution >= 4 is 46.1 Å². The second-order valence-corrected chi connectivity index (χ2v) is 9.42. The maximum absolute atomic E-state index is 9.91. The summed E-state index contributed by atoms with van der Waals surface area (Å²) in [5.74, 6) is -0.0715. The number of nitrogens with zero attached hydrogens (tertiary/aromatic N) is 2. The van der Waals surface area contributed by atoms with Crippen LogP contribution >= 0.6 is 46.1 Å². The molecule has 32 heavy (non-hydrogen) atoms. The number of aromatic amines is 1. The third-order valence-corrected chi connectivity index (χ3v) is 7.15. The van der Waals surface area contributed by atoms with Gasteiger partial charge in [-0.25, -0.2) is 0 Å². The number of thiophene rings is 1. The molecule has 4 aromatic rings. The molecule has 158 valence electrons. The van der Waals surface area contributed by atoms with Crippen LogP contribution in [0.2, 0.25) is 15.1 Å². The second kappa shape index (κ2) is 8.19. The lowest BCUT2D eigenvalue weighted by atomic mass is 9.87. The van der Waals surface area contributed by atoms with Gasteiger partial charge in [-0.15, -0.1) is 16.4 Å². The number of aromatic nitrogens is 2. The quantitative estimate of drug-likeness (QED) is 0.318. The highest BCUT2D eigenvalue weighted by Gasteiger charge is 2.36. The van der Waals surface area contributed by atoms with Gasteiger partial charge in [0.15, 0.2) is 0 Å². The van der Waals surface area contributed by atoms with Crippen molar-refractivity contribution in [3.05, 3.63) is 91.6 Å². The SMILES string of the molecule is N#CC1=C(N)Oc2n[nH]c(-c3ccccc3)c2[C@@H]1c1ccc(-c2c(Cl)cc(Cl)cc2Cl)s1. The Hall–Kier alpha value is -2.95. The van der Waals surface area contributed by atoms with Gasteiger partial charge in [-0.2, -0.15) is 5.26 Å². The van der Waals surface area contributed by atoms with Crippen LogP contribution in [0, 0.1) is 11.3 Å². The predicted molar refractivity (Wildman–Crippen MR) is 128 cm³/mol. The second-order valence-electron chi connectivity index (χ2n) is 7.05. The van der Waals surface area contributed by atoms with E-state index >= 15 is 0 Å². The molecule has 1 aliphatic heterocycles. The van der Waals surface area contributed by atoms with E-state index in [0.29, 0.717) is 32.1 Å². The van der Waals surface area contributed by atoms with E-state index < -0.39 is 5.92 Å². The van der Waals surface area contributed by atoms with E-state index in [4.69, 9.17) is 45.3 Å². The first-order valence-corrected chi connectivity index (χ1v) is 11.4. The summed E-state index contributed by atoms with van der Waals surface area (Å²) >= 11 is 20.4. The number of H-pyrrole nitrogens is 1. The van der Waals surface area contributed by atoms with Crippen LogP contribution < -0.4 is 10.5 Å². The minimum Gasteiger partial charge on any atom is -0.420 e. The first kappa shape index (κ1) is 20.9. The number of halogens is 3. The molecule has 2 aromatic carbocycles. The summed E-state index contributed by atoms with van der Waals surface area (Å²) in [6.45, 7) is 0. The Labute approximate surface area is 202 Å². The zero-order valence-corrected chi connectivity index (χ0v) is 19.3. The lowest BCUT2D eigenvalue weighted by molar-refractivity contribution is 0.379. The van der Waals surface area contributed by atoms with E-state index in [1.165, 1.54) is 11.3 Å². The van der Waals surface area contributed by atoms with Crippen LogP contribution in [0.3, 0.4) is 0 Å². The standard InChI is InChI=1S/C23H13Cl3N4OS/c24-12-8-14(25)19(15(26)9-12)17-7-6-16(32-17)18-13(10-27)22(28)31-23-20(18)21(29-30-23)11-4-2-1-3-5-11/h1-9,18H,28H2,(H,29,30)/t18-/m0/s1. The summed E-state index contributed by atoms with van der Waals surface area (Å²) in [7, 11) is 0. The highest BCUT2D eigenvalue weighted by atomic mass is 35.5. The molecule has 5 nitrogen and oxygen atoms in total. The number of ether oxygens (including phenoxy) is 1. The van der Waals surface area contributed by atoms with Crippen molar-refractivity contribution in [1.82, 2.24) is 10.2 Å². The van der Waals surface area contributed by atoms with Crippen LogP contribution in [-0.4, -0.2) is 10.2 Å². The monoisotopic (exact) mass is 498 g/mol. The largest absolute Gasteiger partial charge is 0.420 e. The highest BCUT2D eigenvalue weighted by Crippen LogP contribution is 2.49. The maximum atomic E-state index is 9.91. The van der Waals surface area contributed by atoms with Crippen molar-refractivity contribution in [1.29, 1.82) is 5.26 Å². The number of fused-ring (bicyclic) bond motifs is 1. The van der Waals surface area contributed by atoms with Crippen LogP contribution in [0.1, 0.15) is 16.4 Å². The fourth-order valence-electron chi connectivity index (χ4n) is 3.77. The van der Waals surface area contributed by atoms with Gasteiger partial charge in [-0.3, -0.25) is 5.10 Å². The fraction of sp³-hybridized carbons (Fsp3) is 0.0435. The van der Waals surface area contributed by atoms with Gasteiger partial charge in [0.2, 0.25) is 11.8 Å². The number of rotatable bonds is 3. The number of allylic oxidation sites excluding steroid dienone is 1. The Bertz CT molecular complexity index is 1400. The topological polar surface area (TPSA) is 87.7 Å². The minimum absolute atomic E-state index is 0.0358. The molecule has 1 aliphatic rings. The zero-order valence-electron chi connectivity index (χ0n) is 16.2. The predicted octanol–water partition coefficient (Wildman–Crippen LogP) is 6.98. The number of hydrogen-bond acceptors (Lipinski definition) is 5. The van der Waals surface area contributed by atoms with Crippen LogP contribution in [0.5, 0.6) is 5.88 Å². The smallest absolute Gasteiger partial charge is 0.244 e. The lowest BCUT2D eigenvalue weighted by Crippen LogP contribution is -2.20. The average molecular weight is 500 g/mol. The minimum atomic E-state index is -0.457. The number of nitriles is 1. The van der Waals surface area contributed by atoms with Gasteiger partial charge < -0.3 is 10.5 Å². The van der Waals surface area contributed by atoms with E-state index in [9.17, 15) is 5.26 Å². The van der Waals surface area contributed by atoms with Gasteiger partial charge in [0.05, 0.1) is 27.2 Å².